The number of aliphatic hydroxyl groups excluding tert-OH is 1. The Bertz CT molecular complexity index is 1590. The summed E-state index contributed by atoms with van der Waals surface area (Å²) < 4.78 is 12.8. The number of hydrogen-bond acceptors (Lipinski definition) is 6. The fourth-order valence-electron chi connectivity index (χ4n) is 11.5. The highest BCUT2D eigenvalue weighted by Crippen LogP contribution is 2.23. The lowest BCUT2D eigenvalue weighted by molar-refractivity contribution is -0.157. The molecular formula is C82H147NO5. The first kappa shape index (κ1) is 84.8. The summed E-state index contributed by atoms with van der Waals surface area (Å²) >= 11 is 0. The predicted molar refractivity (Wildman–Crippen MR) is 388 cm³/mol. The molecule has 1 unspecified atom stereocenters. The van der Waals surface area contributed by atoms with Gasteiger partial charge in [0.05, 0.1) is 6.61 Å². The van der Waals surface area contributed by atoms with E-state index in [-0.39, 0.29) is 37.2 Å². The number of esters is 2. The Balaban J connectivity index is 5.47. The maximum absolute atomic E-state index is 14.3. The molecule has 1 atom stereocenters. The van der Waals surface area contributed by atoms with Gasteiger partial charge in [0.2, 0.25) is 0 Å². The predicted octanol–water partition coefficient (Wildman–Crippen LogP) is 25.7. The normalized spacial score (nSPS) is 12.9. The minimum Gasteiger partial charge on any atom is -0.462 e. The van der Waals surface area contributed by atoms with Crippen LogP contribution in [0.1, 0.15) is 374 Å². The van der Waals surface area contributed by atoms with Gasteiger partial charge < -0.3 is 14.6 Å². The van der Waals surface area contributed by atoms with Gasteiger partial charge in [0.1, 0.15) is 18.2 Å². The molecule has 0 radical (unpaired) electrons. The number of unbranched alkanes of at least 4 members (excludes halogenated alkanes) is 36. The highest BCUT2D eigenvalue weighted by Gasteiger charge is 2.28. The lowest BCUT2D eigenvalue weighted by Crippen LogP contribution is -2.43. The van der Waals surface area contributed by atoms with Gasteiger partial charge in [-0.15, -0.1) is 0 Å². The molecule has 0 saturated carbocycles. The van der Waals surface area contributed by atoms with Crippen LogP contribution in [-0.2, 0) is 19.1 Å². The van der Waals surface area contributed by atoms with E-state index in [2.05, 4.69) is 125 Å². The smallest absolute Gasteiger partial charge is 0.323 e. The monoisotopic (exact) mass is 1230 g/mol. The minimum atomic E-state index is -0.604. The molecule has 0 amide bonds. The van der Waals surface area contributed by atoms with Crippen molar-refractivity contribution in [1.29, 1.82) is 0 Å². The molecule has 0 saturated heterocycles. The molecule has 510 valence electrons. The Kier molecular flexibility index (Phi) is 70.2. The molecule has 0 rings (SSSR count). The van der Waals surface area contributed by atoms with Gasteiger partial charge in [-0.2, -0.15) is 0 Å². The molecule has 0 bridgehead atoms. The molecule has 0 aliphatic heterocycles. The van der Waals surface area contributed by atoms with E-state index in [1.807, 2.05) is 11.9 Å². The van der Waals surface area contributed by atoms with E-state index < -0.39 is 6.04 Å². The van der Waals surface area contributed by atoms with Crippen molar-refractivity contribution in [3.05, 3.63) is 97.2 Å². The topological polar surface area (TPSA) is 76.1 Å². The molecule has 88 heavy (non-hydrogen) atoms. The summed E-state index contributed by atoms with van der Waals surface area (Å²) in [7, 11) is 1.88. The molecule has 6 heteroatoms. The van der Waals surface area contributed by atoms with Crippen LogP contribution >= 0.6 is 0 Å². The van der Waals surface area contributed by atoms with Gasteiger partial charge in [-0.05, 0) is 193 Å². The first-order chi connectivity index (χ1) is 43.4. The van der Waals surface area contributed by atoms with Crippen LogP contribution in [0.3, 0.4) is 0 Å². The molecule has 0 aromatic carbocycles. The van der Waals surface area contributed by atoms with E-state index in [9.17, 15) is 14.7 Å². The van der Waals surface area contributed by atoms with Gasteiger partial charge in [-0.3, -0.25) is 14.5 Å². The molecule has 0 heterocycles. The van der Waals surface area contributed by atoms with Crippen LogP contribution < -0.4 is 0 Å². The van der Waals surface area contributed by atoms with Gasteiger partial charge in [-0.25, -0.2) is 0 Å². The highest BCUT2D eigenvalue weighted by atomic mass is 16.5. The second-order valence-electron chi connectivity index (χ2n) is 25.9. The Hall–Kier alpha value is -3.22. The number of allylic oxidation sites excluding steroid dienone is 16. The molecular weight excluding hydrogens is 1080 g/mol. The summed E-state index contributed by atoms with van der Waals surface area (Å²) in [6.07, 6.45) is 99.4. The number of likely N-dealkylation sites (N-methyl/N-ethyl adjacent to an activating group) is 1. The van der Waals surface area contributed by atoms with Gasteiger partial charge >= 0.3 is 11.9 Å². The minimum absolute atomic E-state index is 0.0573. The molecule has 0 aromatic rings. The molecule has 0 aliphatic rings. The van der Waals surface area contributed by atoms with Crippen LogP contribution in [0.25, 0.3) is 0 Å². The largest absolute Gasteiger partial charge is 0.462 e. The Labute approximate surface area is 548 Å². The first-order valence-corrected chi connectivity index (χ1v) is 38.3. The van der Waals surface area contributed by atoms with E-state index in [0.717, 1.165) is 103 Å². The van der Waals surface area contributed by atoms with Crippen molar-refractivity contribution in [2.24, 2.45) is 0 Å². The number of carbonyl (C=O) groups excluding carboxylic acids is 2. The molecule has 0 fully saturated rings. The number of ether oxygens (including phenoxy) is 2. The third kappa shape index (κ3) is 64.3. The van der Waals surface area contributed by atoms with Crippen molar-refractivity contribution >= 4 is 11.9 Å². The zero-order valence-electron chi connectivity index (χ0n) is 59.1. The van der Waals surface area contributed by atoms with E-state index in [1.54, 1.807) is 0 Å². The fourth-order valence-corrected chi connectivity index (χ4v) is 11.5. The lowest BCUT2D eigenvalue weighted by Gasteiger charge is -2.28. The average molecular weight is 1230 g/mol. The molecule has 0 aliphatic carbocycles. The average Bonchev–Trinajstić information content (AvgIpc) is 3.71. The molecule has 0 spiro atoms. The van der Waals surface area contributed by atoms with E-state index in [1.165, 1.54) is 231 Å². The zero-order chi connectivity index (χ0) is 63.8. The number of rotatable bonds is 69. The Morgan fingerprint density at radius 3 is 0.818 bits per heavy atom. The number of hydrogen-bond donors (Lipinski definition) is 1. The summed E-state index contributed by atoms with van der Waals surface area (Å²) in [4.78, 5) is 30.0. The second-order valence-corrected chi connectivity index (χ2v) is 25.9. The quantitative estimate of drug-likeness (QED) is 0.0372. The van der Waals surface area contributed by atoms with Crippen molar-refractivity contribution in [2.75, 3.05) is 20.2 Å². The van der Waals surface area contributed by atoms with Gasteiger partial charge in [-0.1, -0.05) is 279 Å². The molecule has 0 aromatic heterocycles. The van der Waals surface area contributed by atoms with Crippen molar-refractivity contribution in [3.63, 3.8) is 0 Å². The van der Waals surface area contributed by atoms with Gasteiger partial charge in [0, 0.05) is 13.0 Å². The van der Waals surface area contributed by atoms with E-state index in [4.69, 9.17) is 9.47 Å². The summed E-state index contributed by atoms with van der Waals surface area (Å²) in [6, 6.07) is -0.604. The summed E-state index contributed by atoms with van der Waals surface area (Å²) in [5, 5.41) is 10.0. The lowest BCUT2D eigenvalue weighted by atomic mass is 10.0. The third-order valence-corrected chi connectivity index (χ3v) is 17.4. The summed E-state index contributed by atoms with van der Waals surface area (Å²) in [5.41, 5.74) is 0. The van der Waals surface area contributed by atoms with Crippen molar-refractivity contribution in [3.8, 4) is 0 Å². The Morgan fingerprint density at radius 2 is 0.557 bits per heavy atom. The maximum atomic E-state index is 14.3. The SMILES string of the molecule is CCCCC/C=C/C/C=C/CCCCCCCCC(CCCCCCCC/C=C/C/C=C/CCCCC)OC(=O)CCC(C(=O)OC(CCCCCCCC/C=C/C/C=C/CCCCC)CCCCCCCC/C=C/C/C=C/CCCCC)N(C)CCO. The maximum Gasteiger partial charge on any atom is 0.323 e. The molecule has 1 N–H and O–H groups in total. The fraction of sp³-hybridized carbons (Fsp3) is 0.780. The van der Waals surface area contributed by atoms with Crippen molar-refractivity contribution < 1.29 is 24.2 Å². The zero-order valence-corrected chi connectivity index (χ0v) is 59.1. The Morgan fingerprint density at radius 1 is 0.318 bits per heavy atom. The van der Waals surface area contributed by atoms with E-state index >= 15 is 0 Å². The van der Waals surface area contributed by atoms with Crippen LogP contribution in [0.15, 0.2) is 97.2 Å². The number of aliphatic hydroxyl groups is 1. The second kappa shape index (κ2) is 72.8. The third-order valence-electron chi connectivity index (χ3n) is 17.4. The van der Waals surface area contributed by atoms with Crippen LogP contribution in [0.4, 0.5) is 0 Å². The number of nitrogens with zero attached hydrogens (tertiary/aromatic N) is 1. The standard InChI is InChI=1S/C82H147NO5/c1-6-10-14-18-22-26-30-34-38-42-46-50-54-58-62-66-70-78(71-67-63-59-55-51-47-43-39-35-31-27-23-19-15-11-7-2)87-81(85)75-74-80(83(5)76-77-84)82(86)88-79(72-68-64-60-56-52-48-44-40-36-32-28-24-20-16-12-8-3)73-69-65-61-57-53-49-45-41-37-33-29-25-21-17-13-9-4/h22-29,34-41,78-80,84H,6-21,30-33,42-77H2,1-5H3/b26-22+,27-23+,28-24+,29-25+,38-34+,39-35+,40-36+,41-37+. The highest BCUT2D eigenvalue weighted by molar-refractivity contribution is 5.77. The van der Waals surface area contributed by atoms with Crippen molar-refractivity contribution in [2.45, 2.75) is 393 Å². The van der Waals surface area contributed by atoms with Gasteiger partial charge in [0.15, 0.2) is 0 Å². The van der Waals surface area contributed by atoms with E-state index in [0.29, 0.717) is 13.0 Å². The number of carbonyl (C=O) groups is 2. The van der Waals surface area contributed by atoms with Crippen LogP contribution in [0.5, 0.6) is 0 Å². The summed E-state index contributed by atoms with van der Waals surface area (Å²) in [5.74, 6) is -0.465. The van der Waals surface area contributed by atoms with Gasteiger partial charge in [0.25, 0.3) is 0 Å². The van der Waals surface area contributed by atoms with Crippen molar-refractivity contribution in [1.82, 2.24) is 4.90 Å². The first-order valence-electron chi connectivity index (χ1n) is 38.3. The van der Waals surface area contributed by atoms with Crippen LogP contribution in [0, 0.1) is 0 Å². The van der Waals surface area contributed by atoms with Crippen LogP contribution in [-0.4, -0.2) is 60.4 Å². The molecule has 6 nitrogen and oxygen atoms in total. The summed E-state index contributed by atoms with van der Waals surface area (Å²) in [6.45, 7) is 9.33. The van der Waals surface area contributed by atoms with Crippen LogP contribution in [0.2, 0.25) is 0 Å².